The normalized spacial score (nSPS) is 28.9. The summed E-state index contributed by atoms with van der Waals surface area (Å²) >= 11 is 0. The van der Waals surface area contributed by atoms with Crippen molar-refractivity contribution >= 4 is 5.84 Å². The van der Waals surface area contributed by atoms with Crippen LogP contribution in [0, 0.1) is 11.3 Å². The molecule has 3 nitrogen and oxygen atoms in total. The first-order chi connectivity index (χ1) is 6.88. The molecule has 0 saturated carbocycles. The summed E-state index contributed by atoms with van der Waals surface area (Å²) in [6.07, 6.45) is 6.13. The Labute approximate surface area is 85.9 Å². The lowest BCUT2D eigenvalue weighted by molar-refractivity contribution is 0.0718. The van der Waals surface area contributed by atoms with E-state index in [9.17, 15) is 0 Å². The van der Waals surface area contributed by atoms with Gasteiger partial charge in [-0.2, -0.15) is 0 Å². The molecule has 0 bridgehead atoms. The van der Waals surface area contributed by atoms with Crippen LogP contribution >= 0.6 is 0 Å². The first-order valence-corrected chi connectivity index (χ1v) is 5.79. The van der Waals surface area contributed by atoms with Gasteiger partial charge in [-0.15, -0.1) is 0 Å². The number of hydrogen-bond donors (Lipinski definition) is 1. The minimum absolute atomic E-state index is 0.377. The molecule has 2 rings (SSSR count). The van der Waals surface area contributed by atoms with Gasteiger partial charge in [-0.25, -0.2) is 0 Å². The fraction of sp³-hybridized carbons (Fsp3) is 0.909. The molecular formula is C11H20N2O. The van der Waals surface area contributed by atoms with Crippen molar-refractivity contribution in [3.05, 3.63) is 0 Å². The Morgan fingerprint density at radius 2 is 1.93 bits per heavy atom. The predicted octanol–water partition coefficient (Wildman–Crippen LogP) is 1.88. The third-order valence-electron chi connectivity index (χ3n) is 3.24. The lowest BCUT2D eigenvalue weighted by atomic mass is 9.99. The zero-order chi connectivity index (χ0) is 9.80. The van der Waals surface area contributed by atoms with Crippen LogP contribution in [0.4, 0.5) is 0 Å². The highest BCUT2D eigenvalue weighted by molar-refractivity contribution is 5.81. The van der Waals surface area contributed by atoms with Crippen LogP contribution < -0.4 is 0 Å². The van der Waals surface area contributed by atoms with Crippen LogP contribution in [0.1, 0.15) is 32.1 Å². The molecule has 0 amide bonds. The predicted molar refractivity (Wildman–Crippen MR) is 56.7 cm³/mol. The van der Waals surface area contributed by atoms with E-state index in [0.29, 0.717) is 5.92 Å². The number of hydrogen-bond acceptors (Lipinski definition) is 2. The van der Waals surface area contributed by atoms with E-state index in [1.54, 1.807) is 0 Å². The number of rotatable bonds is 1. The van der Waals surface area contributed by atoms with Crippen LogP contribution in [-0.2, 0) is 4.74 Å². The highest BCUT2D eigenvalue weighted by Crippen LogP contribution is 2.19. The van der Waals surface area contributed by atoms with Gasteiger partial charge in [-0.3, -0.25) is 5.41 Å². The molecule has 80 valence electrons. The van der Waals surface area contributed by atoms with E-state index < -0.39 is 0 Å². The highest BCUT2D eigenvalue weighted by Gasteiger charge is 2.23. The van der Waals surface area contributed by atoms with Gasteiger partial charge in [-0.1, -0.05) is 0 Å². The fourth-order valence-corrected chi connectivity index (χ4v) is 2.35. The van der Waals surface area contributed by atoms with Crippen LogP contribution in [0.15, 0.2) is 0 Å². The zero-order valence-electron chi connectivity index (χ0n) is 8.80. The van der Waals surface area contributed by atoms with Crippen molar-refractivity contribution < 1.29 is 4.74 Å². The first-order valence-electron chi connectivity index (χ1n) is 5.79. The number of likely N-dealkylation sites (tertiary alicyclic amines) is 1. The van der Waals surface area contributed by atoms with Gasteiger partial charge in [0.1, 0.15) is 5.84 Å². The van der Waals surface area contributed by atoms with Crippen molar-refractivity contribution in [1.29, 1.82) is 5.41 Å². The van der Waals surface area contributed by atoms with Gasteiger partial charge < -0.3 is 9.64 Å². The van der Waals surface area contributed by atoms with E-state index in [-0.39, 0.29) is 0 Å². The highest BCUT2D eigenvalue weighted by atomic mass is 16.5. The second kappa shape index (κ2) is 4.78. The van der Waals surface area contributed by atoms with Gasteiger partial charge in [0.05, 0.1) is 6.61 Å². The molecule has 1 atom stereocenters. The Bertz CT molecular complexity index is 173. The molecule has 0 aliphatic carbocycles. The summed E-state index contributed by atoms with van der Waals surface area (Å²) < 4.78 is 5.43. The van der Waals surface area contributed by atoms with Crippen molar-refractivity contribution in [3.8, 4) is 0 Å². The molecule has 2 aliphatic rings. The Morgan fingerprint density at radius 3 is 2.57 bits per heavy atom. The van der Waals surface area contributed by atoms with E-state index in [1.165, 1.54) is 19.3 Å². The fourth-order valence-electron chi connectivity index (χ4n) is 2.35. The summed E-state index contributed by atoms with van der Waals surface area (Å²) in [7, 11) is 0. The van der Waals surface area contributed by atoms with Crippen LogP contribution in [0.25, 0.3) is 0 Å². The van der Waals surface area contributed by atoms with E-state index in [0.717, 1.165) is 45.0 Å². The molecule has 1 N–H and O–H groups in total. The van der Waals surface area contributed by atoms with Crippen molar-refractivity contribution in [2.45, 2.75) is 32.1 Å². The number of ether oxygens (including phenoxy) is 1. The smallest absolute Gasteiger partial charge is 0.101 e. The third-order valence-corrected chi connectivity index (χ3v) is 3.24. The molecule has 2 saturated heterocycles. The molecule has 0 aromatic rings. The summed E-state index contributed by atoms with van der Waals surface area (Å²) in [6.45, 7) is 3.85. The quantitative estimate of drug-likeness (QED) is 0.513. The summed E-state index contributed by atoms with van der Waals surface area (Å²) in [5.74, 6) is 1.21. The second-order valence-electron chi connectivity index (χ2n) is 4.35. The molecule has 0 spiro atoms. The summed E-state index contributed by atoms with van der Waals surface area (Å²) in [5, 5.41) is 8.12. The molecular weight excluding hydrogens is 176 g/mol. The monoisotopic (exact) mass is 196 g/mol. The largest absolute Gasteiger partial charge is 0.381 e. The Morgan fingerprint density at radius 1 is 1.14 bits per heavy atom. The molecule has 0 radical (unpaired) electrons. The van der Waals surface area contributed by atoms with Crippen LogP contribution in [-0.4, -0.2) is 37.0 Å². The maximum Gasteiger partial charge on any atom is 0.101 e. The Kier molecular flexibility index (Phi) is 3.40. The zero-order valence-corrected chi connectivity index (χ0v) is 8.80. The maximum atomic E-state index is 8.12. The Hall–Kier alpha value is -0.570. The lowest BCUT2D eigenvalue weighted by Gasteiger charge is -2.34. The minimum Gasteiger partial charge on any atom is -0.381 e. The topological polar surface area (TPSA) is 36.3 Å². The number of nitrogens with one attached hydrogen (secondary N) is 1. The van der Waals surface area contributed by atoms with Gasteiger partial charge in [0.25, 0.3) is 0 Å². The Balaban J connectivity index is 1.85. The SMILES string of the molecule is N=C(C1CCCOC1)N1CCCCC1. The second-order valence-corrected chi connectivity index (χ2v) is 4.35. The molecule has 2 heterocycles. The van der Waals surface area contributed by atoms with Crippen molar-refractivity contribution in [2.75, 3.05) is 26.3 Å². The minimum atomic E-state index is 0.377. The summed E-state index contributed by atoms with van der Waals surface area (Å²) in [5.41, 5.74) is 0. The van der Waals surface area contributed by atoms with Crippen LogP contribution in [0.3, 0.4) is 0 Å². The summed E-state index contributed by atoms with van der Waals surface area (Å²) in [6, 6.07) is 0. The molecule has 3 heteroatoms. The molecule has 0 aromatic heterocycles. The number of amidine groups is 1. The molecule has 1 unspecified atom stereocenters. The van der Waals surface area contributed by atoms with E-state index in [1.807, 2.05) is 0 Å². The molecule has 2 aliphatic heterocycles. The van der Waals surface area contributed by atoms with Gasteiger partial charge in [-0.05, 0) is 32.1 Å². The molecule has 14 heavy (non-hydrogen) atoms. The summed E-state index contributed by atoms with van der Waals surface area (Å²) in [4.78, 5) is 2.25. The molecule has 0 aromatic carbocycles. The van der Waals surface area contributed by atoms with E-state index in [4.69, 9.17) is 10.1 Å². The van der Waals surface area contributed by atoms with Crippen LogP contribution in [0.2, 0.25) is 0 Å². The average Bonchev–Trinajstić information content (AvgIpc) is 2.30. The van der Waals surface area contributed by atoms with Gasteiger partial charge in [0, 0.05) is 25.6 Å². The van der Waals surface area contributed by atoms with Crippen molar-refractivity contribution in [2.24, 2.45) is 5.92 Å². The van der Waals surface area contributed by atoms with Gasteiger partial charge >= 0.3 is 0 Å². The molecule has 2 fully saturated rings. The van der Waals surface area contributed by atoms with E-state index >= 15 is 0 Å². The lowest BCUT2D eigenvalue weighted by Crippen LogP contribution is -2.41. The standard InChI is InChI=1S/C11H20N2O/c12-11(10-5-4-8-14-9-10)13-6-2-1-3-7-13/h10,12H,1-9H2. The van der Waals surface area contributed by atoms with Gasteiger partial charge in [0.2, 0.25) is 0 Å². The van der Waals surface area contributed by atoms with Crippen LogP contribution in [0.5, 0.6) is 0 Å². The third kappa shape index (κ3) is 2.27. The van der Waals surface area contributed by atoms with E-state index in [2.05, 4.69) is 4.90 Å². The maximum absolute atomic E-state index is 8.12. The van der Waals surface area contributed by atoms with Crippen molar-refractivity contribution in [1.82, 2.24) is 4.90 Å². The number of piperidine rings is 1. The van der Waals surface area contributed by atoms with Gasteiger partial charge in [0.15, 0.2) is 0 Å². The first kappa shape index (κ1) is 9.97. The van der Waals surface area contributed by atoms with Crippen molar-refractivity contribution in [3.63, 3.8) is 0 Å². The average molecular weight is 196 g/mol. The number of nitrogens with zero attached hydrogens (tertiary/aromatic N) is 1.